The van der Waals surface area contributed by atoms with Crippen LogP contribution in [0.3, 0.4) is 0 Å². The normalized spacial score (nSPS) is 18.2. The third kappa shape index (κ3) is 6.30. The van der Waals surface area contributed by atoms with Crippen LogP contribution in [0.4, 0.5) is 0 Å². The van der Waals surface area contributed by atoms with Gasteiger partial charge in [-0.1, -0.05) is 19.3 Å². The van der Waals surface area contributed by atoms with Crippen LogP contribution in [0.25, 0.3) is 0 Å². The molecule has 1 heterocycles. The van der Waals surface area contributed by atoms with Gasteiger partial charge in [0.25, 0.3) is 0 Å². The molecule has 13 heavy (non-hydrogen) atoms. The molecule has 0 amide bonds. The molecule has 1 rings (SSSR count). The minimum absolute atomic E-state index is 0. The largest absolute Gasteiger partial charge is 0.396 e. The van der Waals surface area contributed by atoms with Crippen LogP contribution in [0.2, 0.25) is 0 Å². The SMILES string of the molecule is Cl.OCCCCCC1CCNCC1. The Kier molecular flexibility index (Phi) is 8.93. The van der Waals surface area contributed by atoms with Gasteiger partial charge in [-0.25, -0.2) is 0 Å². The van der Waals surface area contributed by atoms with E-state index in [1.807, 2.05) is 0 Å². The highest BCUT2D eigenvalue weighted by molar-refractivity contribution is 5.85. The molecule has 0 atom stereocenters. The molecule has 1 aliphatic rings. The lowest BCUT2D eigenvalue weighted by atomic mass is 9.92. The summed E-state index contributed by atoms with van der Waals surface area (Å²) < 4.78 is 0. The summed E-state index contributed by atoms with van der Waals surface area (Å²) in [5.74, 6) is 0.963. The quantitative estimate of drug-likeness (QED) is 0.676. The standard InChI is InChI=1S/C10H21NO.ClH/c12-9-3-1-2-4-10-5-7-11-8-6-10;/h10-12H,1-9H2;1H. The van der Waals surface area contributed by atoms with Crippen molar-refractivity contribution in [1.82, 2.24) is 5.32 Å². The molecule has 2 N–H and O–H groups in total. The molecule has 80 valence electrons. The van der Waals surface area contributed by atoms with Gasteiger partial charge < -0.3 is 10.4 Å². The van der Waals surface area contributed by atoms with Crippen molar-refractivity contribution in [2.45, 2.75) is 38.5 Å². The van der Waals surface area contributed by atoms with E-state index in [1.54, 1.807) is 0 Å². The van der Waals surface area contributed by atoms with Crippen LogP contribution in [0.5, 0.6) is 0 Å². The van der Waals surface area contributed by atoms with E-state index in [4.69, 9.17) is 5.11 Å². The molecule has 0 spiro atoms. The van der Waals surface area contributed by atoms with E-state index in [2.05, 4.69) is 5.32 Å². The Morgan fingerprint density at radius 3 is 2.38 bits per heavy atom. The maximum Gasteiger partial charge on any atom is 0.0431 e. The maximum atomic E-state index is 8.59. The van der Waals surface area contributed by atoms with Crippen molar-refractivity contribution in [3.05, 3.63) is 0 Å². The molecule has 0 unspecified atom stereocenters. The molecule has 0 saturated carbocycles. The monoisotopic (exact) mass is 207 g/mol. The molecule has 0 radical (unpaired) electrons. The molecule has 3 heteroatoms. The van der Waals surface area contributed by atoms with E-state index in [0.29, 0.717) is 6.61 Å². The Hall–Kier alpha value is 0.210. The van der Waals surface area contributed by atoms with Gasteiger partial charge in [-0.05, 0) is 38.3 Å². The van der Waals surface area contributed by atoms with E-state index in [9.17, 15) is 0 Å². The molecule has 1 aliphatic heterocycles. The lowest BCUT2D eigenvalue weighted by Crippen LogP contribution is -2.27. The number of rotatable bonds is 5. The Labute approximate surface area is 87.5 Å². The van der Waals surface area contributed by atoms with Crippen LogP contribution in [-0.2, 0) is 0 Å². The number of halogens is 1. The lowest BCUT2D eigenvalue weighted by molar-refractivity contribution is 0.276. The van der Waals surface area contributed by atoms with Crippen LogP contribution in [0.15, 0.2) is 0 Å². The van der Waals surface area contributed by atoms with E-state index >= 15 is 0 Å². The number of aliphatic hydroxyl groups excluding tert-OH is 1. The predicted octanol–water partition coefficient (Wildman–Crippen LogP) is 1.96. The highest BCUT2D eigenvalue weighted by atomic mass is 35.5. The number of nitrogens with one attached hydrogen (secondary N) is 1. The van der Waals surface area contributed by atoms with Gasteiger partial charge in [0.15, 0.2) is 0 Å². The third-order valence-corrected chi connectivity index (χ3v) is 2.73. The van der Waals surface area contributed by atoms with Gasteiger partial charge in [0.1, 0.15) is 0 Å². The minimum Gasteiger partial charge on any atom is -0.396 e. The molecule has 0 aromatic carbocycles. The molecule has 0 aromatic heterocycles. The van der Waals surface area contributed by atoms with Crippen molar-refractivity contribution < 1.29 is 5.11 Å². The Bertz CT molecular complexity index is 105. The second-order valence-corrected chi connectivity index (χ2v) is 3.77. The van der Waals surface area contributed by atoms with E-state index in [0.717, 1.165) is 12.3 Å². The van der Waals surface area contributed by atoms with Crippen LogP contribution >= 0.6 is 12.4 Å². The predicted molar refractivity (Wildman–Crippen MR) is 58.4 cm³/mol. The first-order chi connectivity index (χ1) is 5.93. The number of piperidine rings is 1. The van der Waals surface area contributed by atoms with Crippen LogP contribution < -0.4 is 5.32 Å². The topological polar surface area (TPSA) is 32.3 Å². The fourth-order valence-electron chi connectivity index (χ4n) is 1.89. The number of hydrogen-bond acceptors (Lipinski definition) is 2. The van der Waals surface area contributed by atoms with Gasteiger partial charge in [0.05, 0.1) is 0 Å². The number of hydrogen-bond donors (Lipinski definition) is 2. The summed E-state index contributed by atoms with van der Waals surface area (Å²) in [6.07, 6.45) is 7.61. The zero-order valence-corrected chi connectivity index (χ0v) is 9.11. The van der Waals surface area contributed by atoms with Crippen molar-refractivity contribution in [3.63, 3.8) is 0 Å². The highest BCUT2D eigenvalue weighted by Gasteiger charge is 2.11. The van der Waals surface area contributed by atoms with Gasteiger partial charge >= 0.3 is 0 Å². The van der Waals surface area contributed by atoms with Gasteiger partial charge in [-0.3, -0.25) is 0 Å². The highest BCUT2D eigenvalue weighted by Crippen LogP contribution is 2.18. The molecule has 2 nitrogen and oxygen atoms in total. The summed E-state index contributed by atoms with van der Waals surface area (Å²) >= 11 is 0. The summed E-state index contributed by atoms with van der Waals surface area (Å²) in [4.78, 5) is 0. The molecule has 1 fully saturated rings. The van der Waals surface area contributed by atoms with Gasteiger partial charge in [-0.15, -0.1) is 12.4 Å². The van der Waals surface area contributed by atoms with Crippen LogP contribution in [0, 0.1) is 5.92 Å². The van der Waals surface area contributed by atoms with E-state index in [-0.39, 0.29) is 12.4 Å². The van der Waals surface area contributed by atoms with Crippen molar-refractivity contribution in [3.8, 4) is 0 Å². The molecule has 1 saturated heterocycles. The van der Waals surface area contributed by atoms with Crippen molar-refractivity contribution >= 4 is 12.4 Å². The molecular weight excluding hydrogens is 186 g/mol. The molecular formula is C10H22ClNO. The van der Waals surface area contributed by atoms with Gasteiger partial charge in [0.2, 0.25) is 0 Å². The average molecular weight is 208 g/mol. The van der Waals surface area contributed by atoms with E-state index in [1.165, 1.54) is 45.2 Å². The molecule has 0 bridgehead atoms. The number of aliphatic hydroxyl groups is 1. The fraction of sp³-hybridized carbons (Fsp3) is 1.00. The summed E-state index contributed by atoms with van der Waals surface area (Å²) in [6, 6.07) is 0. The second kappa shape index (κ2) is 8.79. The smallest absolute Gasteiger partial charge is 0.0431 e. The zero-order valence-electron chi connectivity index (χ0n) is 8.30. The second-order valence-electron chi connectivity index (χ2n) is 3.77. The summed E-state index contributed by atoms with van der Waals surface area (Å²) in [6.45, 7) is 2.79. The first kappa shape index (κ1) is 13.2. The maximum absolute atomic E-state index is 8.59. The number of unbranched alkanes of at least 4 members (excludes halogenated alkanes) is 2. The first-order valence-corrected chi connectivity index (χ1v) is 5.25. The van der Waals surface area contributed by atoms with Crippen molar-refractivity contribution in [2.75, 3.05) is 19.7 Å². The first-order valence-electron chi connectivity index (χ1n) is 5.25. The summed E-state index contributed by atoms with van der Waals surface area (Å²) in [7, 11) is 0. The average Bonchev–Trinajstić information content (AvgIpc) is 2.14. The minimum atomic E-state index is 0. The summed E-state index contributed by atoms with van der Waals surface area (Å²) in [5.41, 5.74) is 0. The van der Waals surface area contributed by atoms with Gasteiger partial charge in [0, 0.05) is 6.61 Å². The molecule has 0 aliphatic carbocycles. The van der Waals surface area contributed by atoms with Crippen molar-refractivity contribution in [2.24, 2.45) is 5.92 Å². The van der Waals surface area contributed by atoms with E-state index < -0.39 is 0 Å². The lowest BCUT2D eigenvalue weighted by Gasteiger charge is -2.22. The fourth-order valence-corrected chi connectivity index (χ4v) is 1.89. The summed E-state index contributed by atoms with van der Waals surface area (Å²) in [5, 5.41) is 12.0. The molecule has 0 aromatic rings. The Morgan fingerprint density at radius 2 is 1.77 bits per heavy atom. The Balaban J connectivity index is 0.00000144. The van der Waals surface area contributed by atoms with Crippen LogP contribution in [-0.4, -0.2) is 24.8 Å². The zero-order chi connectivity index (χ0) is 8.65. The van der Waals surface area contributed by atoms with Crippen molar-refractivity contribution in [1.29, 1.82) is 0 Å². The third-order valence-electron chi connectivity index (χ3n) is 2.73. The van der Waals surface area contributed by atoms with Gasteiger partial charge in [-0.2, -0.15) is 0 Å². The Morgan fingerprint density at radius 1 is 1.08 bits per heavy atom. The van der Waals surface area contributed by atoms with Crippen LogP contribution in [0.1, 0.15) is 38.5 Å².